The molecule has 1 aliphatic rings. The minimum atomic E-state index is 0.289. The number of fused-ring (bicyclic) bond motifs is 1. The van der Waals surface area contributed by atoms with Gasteiger partial charge in [0.05, 0.1) is 0 Å². The minimum Gasteiger partial charge on any atom is -0.381 e. The minimum absolute atomic E-state index is 0.289. The van der Waals surface area contributed by atoms with Crippen molar-refractivity contribution in [3.05, 3.63) is 18.1 Å². The molecule has 6 nitrogen and oxygen atoms in total. The van der Waals surface area contributed by atoms with E-state index in [0.29, 0.717) is 5.92 Å². The quantitative estimate of drug-likeness (QED) is 0.785. The van der Waals surface area contributed by atoms with Gasteiger partial charge in [0.1, 0.15) is 5.82 Å². The predicted octanol–water partition coefficient (Wildman–Crippen LogP) is 0.285. The van der Waals surface area contributed by atoms with E-state index in [4.69, 9.17) is 10.5 Å². The molecule has 2 N–H and O–H groups in total. The van der Waals surface area contributed by atoms with Crippen molar-refractivity contribution in [3.63, 3.8) is 0 Å². The second-order valence-electron chi connectivity index (χ2n) is 4.03. The molecule has 0 saturated carbocycles. The molecule has 1 atom stereocenters. The molecule has 0 aliphatic carbocycles. The van der Waals surface area contributed by atoms with Crippen LogP contribution in [0.3, 0.4) is 0 Å². The Morgan fingerprint density at radius 1 is 1.56 bits per heavy atom. The van der Waals surface area contributed by atoms with Crippen molar-refractivity contribution in [1.82, 2.24) is 19.6 Å². The molecule has 3 heterocycles. The van der Waals surface area contributed by atoms with Crippen LogP contribution >= 0.6 is 0 Å². The summed E-state index contributed by atoms with van der Waals surface area (Å²) >= 11 is 0. The first kappa shape index (κ1) is 9.53. The summed E-state index contributed by atoms with van der Waals surface area (Å²) in [5, 5.41) is 4.14. The average molecular weight is 219 g/mol. The first-order valence-electron chi connectivity index (χ1n) is 5.37. The Hall–Kier alpha value is -1.69. The first-order chi connectivity index (χ1) is 7.83. The van der Waals surface area contributed by atoms with Gasteiger partial charge in [-0.1, -0.05) is 0 Å². The zero-order chi connectivity index (χ0) is 11.0. The number of hydrogen-bond donors (Lipinski definition) is 1. The number of nitrogen functional groups attached to an aromatic ring is 1. The van der Waals surface area contributed by atoms with Crippen LogP contribution < -0.4 is 5.73 Å². The molecule has 0 amide bonds. The van der Waals surface area contributed by atoms with Crippen LogP contribution in [-0.4, -0.2) is 32.8 Å². The standard InChI is InChI=1S/C10H13N5O/c11-10-13-8-1-3-12-9(15(8)14-10)5-7-2-4-16-6-7/h1,3,7H,2,4-6H2,(H2,11,14). The Morgan fingerprint density at radius 3 is 3.31 bits per heavy atom. The molecule has 0 spiro atoms. The lowest BCUT2D eigenvalue weighted by atomic mass is 10.1. The summed E-state index contributed by atoms with van der Waals surface area (Å²) in [7, 11) is 0. The van der Waals surface area contributed by atoms with Gasteiger partial charge >= 0.3 is 0 Å². The van der Waals surface area contributed by atoms with Crippen molar-refractivity contribution in [2.75, 3.05) is 18.9 Å². The van der Waals surface area contributed by atoms with Crippen LogP contribution in [0.25, 0.3) is 5.65 Å². The summed E-state index contributed by atoms with van der Waals surface area (Å²) < 4.78 is 7.06. The number of nitrogens with two attached hydrogens (primary N) is 1. The second kappa shape index (κ2) is 3.71. The van der Waals surface area contributed by atoms with Crippen LogP contribution in [0.1, 0.15) is 12.2 Å². The van der Waals surface area contributed by atoms with Gasteiger partial charge in [0.2, 0.25) is 5.95 Å². The fourth-order valence-corrected chi connectivity index (χ4v) is 2.02. The van der Waals surface area contributed by atoms with Gasteiger partial charge < -0.3 is 10.5 Å². The maximum Gasteiger partial charge on any atom is 0.240 e. The van der Waals surface area contributed by atoms with E-state index in [0.717, 1.165) is 37.5 Å². The Bertz CT molecular complexity index is 503. The lowest BCUT2D eigenvalue weighted by Crippen LogP contribution is -2.10. The highest BCUT2D eigenvalue weighted by molar-refractivity contribution is 5.40. The SMILES string of the molecule is Nc1nc2ccnc(CC3CCOC3)n2n1. The van der Waals surface area contributed by atoms with Gasteiger partial charge in [-0.2, -0.15) is 9.50 Å². The van der Waals surface area contributed by atoms with Crippen molar-refractivity contribution < 1.29 is 4.74 Å². The van der Waals surface area contributed by atoms with E-state index >= 15 is 0 Å². The highest BCUT2D eigenvalue weighted by Crippen LogP contribution is 2.17. The summed E-state index contributed by atoms with van der Waals surface area (Å²) in [5.41, 5.74) is 6.32. The van der Waals surface area contributed by atoms with E-state index in [2.05, 4.69) is 15.1 Å². The number of rotatable bonds is 2. The molecule has 2 aromatic heterocycles. The topological polar surface area (TPSA) is 78.3 Å². The highest BCUT2D eigenvalue weighted by atomic mass is 16.5. The first-order valence-corrected chi connectivity index (χ1v) is 5.37. The van der Waals surface area contributed by atoms with Gasteiger partial charge in [0, 0.05) is 31.9 Å². The average Bonchev–Trinajstić information content (AvgIpc) is 2.86. The largest absolute Gasteiger partial charge is 0.381 e. The van der Waals surface area contributed by atoms with Gasteiger partial charge in [-0.05, 0) is 12.3 Å². The van der Waals surface area contributed by atoms with E-state index in [1.54, 1.807) is 16.8 Å². The van der Waals surface area contributed by atoms with E-state index in [-0.39, 0.29) is 5.95 Å². The molecule has 6 heteroatoms. The molecular formula is C10H13N5O. The molecule has 2 aromatic rings. The number of ether oxygens (including phenoxy) is 1. The van der Waals surface area contributed by atoms with Crippen molar-refractivity contribution in [3.8, 4) is 0 Å². The van der Waals surface area contributed by atoms with Crippen molar-refractivity contribution in [2.45, 2.75) is 12.8 Å². The van der Waals surface area contributed by atoms with Crippen molar-refractivity contribution in [1.29, 1.82) is 0 Å². The number of anilines is 1. The van der Waals surface area contributed by atoms with Crippen LogP contribution in [0.5, 0.6) is 0 Å². The third-order valence-corrected chi connectivity index (χ3v) is 2.84. The fourth-order valence-electron chi connectivity index (χ4n) is 2.02. The van der Waals surface area contributed by atoms with Gasteiger partial charge in [-0.25, -0.2) is 4.98 Å². The van der Waals surface area contributed by atoms with Crippen LogP contribution in [0.15, 0.2) is 12.3 Å². The van der Waals surface area contributed by atoms with Crippen molar-refractivity contribution in [2.24, 2.45) is 5.92 Å². The van der Waals surface area contributed by atoms with Crippen LogP contribution in [0.4, 0.5) is 5.95 Å². The molecule has 0 bridgehead atoms. The summed E-state index contributed by atoms with van der Waals surface area (Å²) in [6, 6.07) is 1.80. The molecule has 1 unspecified atom stereocenters. The molecule has 16 heavy (non-hydrogen) atoms. The number of hydrogen-bond acceptors (Lipinski definition) is 5. The second-order valence-corrected chi connectivity index (χ2v) is 4.03. The molecule has 1 aliphatic heterocycles. The van der Waals surface area contributed by atoms with Crippen LogP contribution in [-0.2, 0) is 11.2 Å². The molecule has 0 aromatic carbocycles. The third kappa shape index (κ3) is 1.61. The van der Waals surface area contributed by atoms with Crippen molar-refractivity contribution >= 4 is 11.6 Å². The zero-order valence-corrected chi connectivity index (χ0v) is 8.83. The maximum atomic E-state index is 5.57. The molecule has 1 fully saturated rings. The molecule has 3 rings (SSSR count). The van der Waals surface area contributed by atoms with E-state index in [1.807, 2.05) is 0 Å². The van der Waals surface area contributed by atoms with Gasteiger partial charge in [-0.3, -0.25) is 0 Å². The Kier molecular flexibility index (Phi) is 2.21. The molecule has 84 valence electrons. The number of aromatic nitrogens is 4. The zero-order valence-electron chi connectivity index (χ0n) is 8.83. The lowest BCUT2D eigenvalue weighted by Gasteiger charge is -2.07. The van der Waals surface area contributed by atoms with Crippen LogP contribution in [0.2, 0.25) is 0 Å². The van der Waals surface area contributed by atoms with Gasteiger partial charge in [0.25, 0.3) is 0 Å². The normalized spacial score (nSPS) is 20.6. The Labute approximate surface area is 92.4 Å². The lowest BCUT2D eigenvalue weighted by molar-refractivity contribution is 0.185. The van der Waals surface area contributed by atoms with E-state index in [1.165, 1.54) is 0 Å². The number of nitrogens with zero attached hydrogens (tertiary/aromatic N) is 4. The summed E-state index contributed by atoms with van der Waals surface area (Å²) in [6.45, 7) is 1.66. The molecular weight excluding hydrogens is 206 g/mol. The third-order valence-electron chi connectivity index (χ3n) is 2.84. The van der Waals surface area contributed by atoms with Gasteiger partial charge in [0.15, 0.2) is 5.65 Å². The predicted molar refractivity (Wildman–Crippen MR) is 57.8 cm³/mol. The fraction of sp³-hybridized carbons (Fsp3) is 0.500. The Morgan fingerprint density at radius 2 is 2.50 bits per heavy atom. The van der Waals surface area contributed by atoms with Crippen LogP contribution in [0, 0.1) is 5.92 Å². The smallest absolute Gasteiger partial charge is 0.240 e. The molecule has 0 radical (unpaired) electrons. The highest BCUT2D eigenvalue weighted by Gasteiger charge is 2.18. The van der Waals surface area contributed by atoms with E-state index in [9.17, 15) is 0 Å². The van der Waals surface area contributed by atoms with E-state index < -0.39 is 0 Å². The van der Waals surface area contributed by atoms with Gasteiger partial charge in [-0.15, -0.1) is 5.10 Å². The molecule has 1 saturated heterocycles. The Balaban J connectivity index is 1.95. The summed E-state index contributed by atoms with van der Waals surface area (Å²) in [4.78, 5) is 8.44. The monoisotopic (exact) mass is 219 g/mol. The summed E-state index contributed by atoms with van der Waals surface area (Å²) in [6.07, 6.45) is 3.69. The summed E-state index contributed by atoms with van der Waals surface area (Å²) in [5.74, 6) is 1.72. The maximum absolute atomic E-state index is 5.57.